The van der Waals surface area contributed by atoms with Gasteiger partial charge in [0.1, 0.15) is 0 Å². The topological polar surface area (TPSA) is 66.4 Å². The molecule has 1 amide bonds. The number of carbonyl (C=O) groups is 2. The number of benzene rings is 1. The van der Waals surface area contributed by atoms with Crippen molar-refractivity contribution in [3.05, 3.63) is 23.8 Å². The molecule has 80 valence electrons. The quantitative estimate of drug-likeness (QED) is 0.773. The summed E-state index contributed by atoms with van der Waals surface area (Å²) in [7, 11) is 0. The highest BCUT2D eigenvalue weighted by Gasteiger charge is 2.07. The van der Waals surface area contributed by atoms with Crippen molar-refractivity contribution in [2.45, 2.75) is 11.8 Å². The molecular formula is C10H11NO3S. The molecular weight excluding hydrogens is 214 g/mol. The summed E-state index contributed by atoms with van der Waals surface area (Å²) >= 11 is 1.43. The van der Waals surface area contributed by atoms with Crippen LogP contribution in [-0.2, 0) is 4.79 Å². The molecule has 0 unspecified atom stereocenters. The third kappa shape index (κ3) is 3.28. The molecule has 0 aliphatic heterocycles. The Labute approximate surface area is 91.7 Å². The number of hydrogen-bond acceptors (Lipinski definition) is 3. The van der Waals surface area contributed by atoms with Gasteiger partial charge in [-0.3, -0.25) is 4.79 Å². The highest BCUT2D eigenvalue weighted by Crippen LogP contribution is 2.22. The predicted molar refractivity (Wildman–Crippen MR) is 59.5 cm³/mol. The van der Waals surface area contributed by atoms with Crippen LogP contribution in [0.3, 0.4) is 0 Å². The molecule has 0 aromatic heterocycles. The van der Waals surface area contributed by atoms with Gasteiger partial charge in [-0.15, -0.1) is 11.8 Å². The van der Waals surface area contributed by atoms with Gasteiger partial charge in [-0.25, -0.2) is 4.79 Å². The predicted octanol–water partition coefficient (Wildman–Crippen LogP) is 2.07. The van der Waals surface area contributed by atoms with Gasteiger partial charge < -0.3 is 10.4 Å². The Morgan fingerprint density at radius 2 is 2.00 bits per heavy atom. The molecule has 0 bridgehead atoms. The first-order valence-corrected chi connectivity index (χ1v) is 5.45. The van der Waals surface area contributed by atoms with Crippen LogP contribution in [0.5, 0.6) is 0 Å². The fourth-order valence-electron chi connectivity index (χ4n) is 1.12. The summed E-state index contributed by atoms with van der Waals surface area (Å²) in [6.07, 6.45) is 1.85. The smallest absolute Gasteiger partial charge is 0.335 e. The monoisotopic (exact) mass is 225 g/mol. The minimum atomic E-state index is -1.00. The number of carboxylic acids is 1. The first-order chi connectivity index (χ1) is 7.02. The maximum atomic E-state index is 10.8. The maximum absolute atomic E-state index is 10.8. The molecule has 2 N–H and O–H groups in total. The first kappa shape index (κ1) is 11.6. The maximum Gasteiger partial charge on any atom is 0.335 e. The molecule has 15 heavy (non-hydrogen) atoms. The van der Waals surface area contributed by atoms with E-state index in [1.165, 1.54) is 24.8 Å². The van der Waals surface area contributed by atoms with Crippen LogP contribution in [-0.4, -0.2) is 23.2 Å². The Kier molecular flexibility index (Phi) is 3.74. The van der Waals surface area contributed by atoms with E-state index < -0.39 is 5.97 Å². The first-order valence-electron chi connectivity index (χ1n) is 4.23. The molecule has 5 heteroatoms. The Hall–Kier alpha value is -1.49. The fourth-order valence-corrected chi connectivity index (χ4v) is 1.61. The highest BCUT2D eigenvalue weighted by molar-refractivity contribution is 7.98. The number of rotatable bonds is 3. The van der Waals surface area contributed by atoms with Gasteiger partial charge in [-0.1, -0.05) is 0 Å². The van der Waals surface area contributed by atoms with Gasteiger partial charge in [0, 0.05) is 17.5 Å². The molecule has 1 aromatic rings. The molecule has 1 aromatic carbocycles. The Bertz CT molecular complexity index is 404. The minimum absolute atomic E-state index is 0.172. The molecule has 0 spiro atoms. The molecule has 0 heterocycles. The van der Waals surface area contributed by atoms with Crippen molar-refractivity contribution in [3.63, 3.8) is 0 Å². The van der Waals surface area contributed by atoms with Crippen LogP contribution in [0.1, 0.15) is 17.3 Å². The van der Waals surface area contributed by atoms with Crippen LogP contribution in [0.2, 0.25) is 0 Å². The zero-order valence-electron chi connectivity index (χ0n) is 8.40. The van der Waals surface area contributed by atoms with E-state index in [2.05, 4.69) is 5.32 Å². The molecule has 0 atom stereocenters. The minimum Gasteiger partial charge on any atom is -0.478 e. The second kappa shape index (κ2) is 4.84. The Morgan fingerprint density at radius 1 is 1.33 bits per heavy atom. The van der Waals surface area contributed by atoms with E-state index >= 15 is 0 Å². The van der Waals surface area contributed by atoms with Crippen molar-refractivity contribution in [2.24, 2.45) is 0 Å². The standard InChI is InChI=1S/C10H11NO3S/c1-6(12)11-8-3-7(10(13)14)4-9(5-8)15-2/h3-5H,1-2H3,(H,11,12)(H,13,14). The lowest BCUT2D eigenvalue weighted by Gasteiger charge is -2.06. The second-order valence-corrected chi connectivity index (χ2v) is 3.82. The molecule has 0 aliphatic carbocycles. The zero-order valence-corrected chi connectivity index (χ0v) is 9.22. The van der Waals surface area contributed by atoms with Crippen LogP contribution in [0, 0.1) is 0 Å². The third-order valence-electron chi connectivity index (χ3n) is 1.71. The van der Waals surface area contributed by atoms with E-state index in [1.54, 1.807) is 12.1 Å². The van der Waals surface area contributed by atoms with Crippen molar-refractivity contribution in [1.82, 2.24) is 0 Å². The van der Waals surface area contributed by atoms with E-state index in [9.17, 15) is 9.59 Å². The average molecular weight is 225 g/mol. The van der Waals surface area contributed by atoms with Crippen molar-refractivity contribution in [3.8, 4) is 0 Å². The van der Waals surface area contributed by atoms with Crippen LogP contribution < -0.4 is 5.32 Å². The van der Waals surface area contributed by atoms with Gasteiger partial charge in [0.15, 0.2) is 0 Å². The van der Waals surface area contributed by atoms with E-state index in [1.807, 2.05) is 6.26 Å². The van der Waals surface area contributed by atoms with Gasteiger partial charge in [0.2, 0.25) is 5.91 Å². The van der Waals surface area contributed by atoms with E-state index in [4.69, 9.17) is 5.11 Å². The lowest BCUT2D eigenvalue weighted by molar-refractivity contribution is -0.114. The van der Waals surface area contributed by atoms with E-state index in [0.717, 1.165) is 4.90 Å². The van der Waals surface area contributed by atoms with Crippen LogP contribution in [0.15, 0.2) is 23.1 Å². The van der Waals surface area contributed by atoms with Gasteiger partial charge in [0.25, 0.3) is 0 Å². The largest absolute Gasteiger partial charge is 0.478 e. The summed E-state index contributed by atoms with van der Waals surface area (Å²) in [5.74, 6) is -1.22. The van der Waals surface area contributed by atoms with Crippen LogP contribution >= 0.6 is 11.8 Å². The SMILES string of the molecule is CSc1cc(NC(C)=O)cc(C(=O)O)c1. The zero-order chi connectivity index (χ0) is 11.4. The van der Waals surface area contributed by atoms with Gasteiger partial charge >= 0.3 is 5.97 Å². The molecule has 1 rings (SSSR count). The highest BCUT2D eigenvalue weighted by atomic mass is 32.2. The summed E-state index contributed by atoms with van der Waals surface area (Å²) in [6, 6.07) is 4.74. The Morgan fingerprint density at radius 3 is 2.47 bits per heavy atom. The van der Waals surface area contributed by atoms with Gasteiger partial charge in [0.05, 0.1) is 5.56 Å². The van der Waals surface area contributed by atoms with E-state index in [0.29, 0.717) is 5.69 Å². The molecule has 0 radical (unpaired) electrons. The number of nitrogens with one attached hydrogen (secondary N) is 1. The number of aromatic carboxylic acids is 1. The number of thioether (sulfide) groups is 1. The third-order valence-corrected chi connectivity index (χ3v) is 2.42. The number of hydrogen-bond donors (Lipinski definition) is 2. The van der Waals surface area contributed by atoms with Gasteiger partial charge in [-0.2, -0.15) is 0 Å². The summed E-state index contributed by atoms with van der Waals surface area (Å²) in [5, 5.41) is 11.4. The van der Waals surface area contributed by atoms with Crippen molar-refractivity contribution in [2.75, 3.05) is 11.6 Å². The number of carbonyl (C=O) groups excluding carboxylic acids is 1. The van der Waals surface area contributed by atoms with Crippen molar-refractivity contribution < 1.29 is 14.7 Å². The molecule has 0 aliphatic rings. The van der Waals surface area contributed by atoms with E-state index in [-0.39, 0.29) is 11.5 Å². The van der Waals surface area contributed by atoms with Crippen molar-refractivity contribution in [1.29, 1.82) is 0 Å². The lowest BCUT2D eigenvalue weighted by Crippen LogP contribution is -2.07. The molecule has 0 saturated carbocycles. The summed E-state index contributed by atoms with van der Waals surface area (Å²) in [4.78, 5) is 22.4. The summed E-state index contributed by atoms with van der Waals surface area (Å²) < 4.78 is 0. The van der Waals surface area contributed by atoms with Gasteiger partial charge in [-0.05, 0) is 24.5 Å². The number of anilines is 1. The number of amides is 1. The summed E-state index contributed by atoms with van der Waals surface area (Å²) in [5.41, 5.74) is 0.678. The second-order valence-electron chi connectivity index (χ2n) is 2.94. The van der Waals surface area contributed by atoms with Crippen LogP contribution in [0.4, 0.5) is 5.69 Å². The number of carboxylic acid groups (broad SMARTS) is 1. The van der Waals surface area contributed by atoms with Crippen LogP contribution in [0.25, 0.3) is 0 Å². The summed E-state index contributed by atoms with van der Waals surface area (Å²) in [6.45, 7) is 1.38. The fraction of sp³-hybridized carbons (Fsp3) is 0.200. The molecule has 0 saturated heterocycles. The molecule has 0 fully saturated rings. The van der Waals surface area contributed by atoms with Crippen molar-refractivity contribution >= 4 is 29.3 Å². The Balaban J connectivity index is 3.11. The molecule has 4 nitrogen and oxygen atoms in total. The lowest BCUT2D eigenvalue weighted by atomic mass is 10.2. The normalized spacial score (nSPS) is 9.73. The average Bonchev–Trinajstić information content (AvgIpc) is 2.16.